The summed E-state index contributed by atoms with van der Waals surface area (Å²) in [6.07, 6.45) is 1.27. The quantitative estimate of drug-likeness (QED) is 0.749. The maximum absolute atomic E-state index is 6.03. The number of halogens is 2. The van der Waals surface area contributed by atoms with Gasteiger partial charge in [-0.15, -0.1) is 0 Å². The van der Waals surface area contributed by atoms with Gasteiger partial charge in [-0.3, -0.25) is 0 Å². The molecule has 0 radical (unpaired) electrons. The smallest absolute Gasteiger partial charge is 0.0595 e. The third-order valence-corrected chi connectivity index (χ3v) is 3.44. The minimum atomic E-state index is 0.275. The summed E-state index contributed by atoms with van der Waals surface area (Å²) < 4.78 is 5.51. The van der Waals surface area contributed by atoms with E-state index in [0.29, 0.717) is 10.0 Å². The van der Waals surface area contributed by atoms with E-state index in [9.17, 15) is 0 Å². The molecule has 0 aliphatic heterocycles. The molecule has 0 saturated carbocycles. The van der Waals surface area contributed by atoms with Crippen LogP contribution < -0.4 is 5.32 Å². The van der Waals surface area contributed by atoms with E-state index in [1.165, 1.54) is 0 Å². The molecule has 0 spiro atoms. The number of ether oxygens (including phenoxy) is 1. The van der Waals surface area contributed by atoms with Crippen LogP contribution >= 0.6 is 23.2 Å². The zero-order valence-electron chi connectivity index (χ0n) is 11.2. The Kier molecular flexibility index (Phi) is 7.02. The molecule has 1 unspecified atom stereocenters. The Bertz CT molecular complexity index is 369. The molecule has 1 N–H and O–H groups in total. The lowest BCUT2D eigenvalue weighted by Gasteiger charge is -2.18. The van der Waals surface area contributed by atoms with Crippen molar-refractivity contribution in [3.8, 4) is 0 Å². The molecule has 0 fully saturated rings. The summed E-state index contributed by atoms with van der Waals surface area (Å²) in [5.41, 5.74) is 1.16. The fourth-order valence-corrected chi connectivity index (χ4v) is 2.06. The lowest BCUT2D eigenvalue weighted by molar-refractivity contribution is 0.0792. The average Bonchev–Trinajstić information content (AvgIpc) is 2.33. The van der Waals surface area contributed by atoms with Gasteiger partial charge in [-0.25, -0.2) is 0 Å². The van der Waals surface area contributed by atoms with Crippen LogP contribution in [0.1, 0.15) is 38.8 Å². The molecule has 0 saturated heterocycles. The van der Waals surface area contributed by atoms with Gasteiger partial charge in [-0.05, 0) is 38.0 Å². The summed E-state index contributed by atoms with van der Waals surface area (Å²) in [7, 11) is 0. The molecule has 0 heterocycles. The molecular weight excluding hydrogens is 269 g/mol. The van der Waals surface area contributed by atoms with Gasteiger partial charge < -0.3 is 10.1 Å². The summed E-state index contributed by atoms with van der Waals surface area (Å²) in [5.74, 6) is 0. The first-order chi connectivity index (χ1) is 8.54. The maximum Gasteiger partial charge on any atom is 0.0595 e. The lowest BCUT2D eigenvalue weighted by Crippen LogP contribution is -2.25. The Labute approximate surface area is 120 Å². The van der Waals surface area contributed by atoms with E-state index in [1.54, 1.807) is 0 Å². The topological polar surface area (TPSA) is 21.3 Å². The van der Waals surface area contributed by atoms with Crippen LogP contribution in [0.4, 0.5) is 0 Å². The van der Waals surface area contributed by atoms with Crippen LogP contribution in [0.25, 0.3) is 0 Å². The normalized spacial score (nSPS) is 13.0. The highest BCUT2D eigenvalue weighted by Crippen LogP contribution is 2.26. The highest BCUT2D eigenvalue weighted by molar-refractivity contribution is 6.42. The number of rotatable bonds is 7. The predicted molar refractivity (Wildman–Crippen MR) is 78.6 cm³/mol. The maximum atomic E-state index is 6.03. The molecule has 0 bridgehead atoms. The lowest BCUT2D eigenvalue weighted by atomic mass is 10.0. The van der Waals surface area contributed by atoms with Crippen LogP contribution in [-0.2, 0) is 4.74 Å². The first kappa shape index (κ1) is 15.8. The van der Waals surface area contributed by atoms with Crippen molar-refractivity contribution < 1.29 is 4.74 Å². The zero-order valence-corrected chi connectivity index (χ0v) is 12.7. The van der Waals surface area contributed by atoms with Gasteiger partial charge in [0.1, 0.15) is 0 Å². The standard InChI is InChI=1S/C14H21Cl2NO/c1-4-14(17-7-8-18-10(2)3)11-5-6-12(15)13(16)9-11/h5-6,9-10,14,17H,4,7-8H2,1-3H3. The molecule has 1 aromatic rings. The van der Waals surface area contributed by atoms with Crippen LogP contribution in [0.5, 0.6) is 0 Å². The molecule has 2 nitrogen and oxygen atoms in total. The summed E-state index contributed by atoms with van der Waals surface area (Å²) in [6.45, 7) is 7.77. The summed E-state index contributed by atoms with van der Waals surface area (Å²) >= 11 is 12.0. The van der Waals surface area contributed by atoms with E-state index in [-0.39, 0.29) is 12.1 Å². The summed E-state index contributed by atoms with van der Waals surface area (Å²) in [4.78, 5) is 0. The number of benzene rings is 1. The van der Waals surface area contributed by atoms with Crippen molar-refractivity contribution in [1.29, 1.82) is 0 Å². The van der Waals surface area contributed by atoms with E-state index >= 15 is 0 Å². The largest absolute Gasteiger partial charge is 0.377 e. The van der Waals surface area contributed by atoms with E-state index < -0.39 is 0 Å². The second-order valence-electron chi connectivity index (χ2n) is 4.51. The first-order valence-electron chi connectivity index (χ1n) is 6.34. The third-order valence-electron chi connectivity index (χ3n) is 2.70. The molecule has 0 aliphatic carbocycles. The van der Waals surface area contributed by atoms with Gasteiger partial charge in [0.2, 0.25) is 0 Å². The second kappa shape index (κ2) is 8.00. The van der Waals surface area contributed by atoms with E-state index in [0.717, 1.165) is 25.1 Å². The Morgan fingerprint density at radius 2 is 1.94 bits per heavy atom. The molecule has 0 amide bonds. The van der Waals surface area contributed by atoms with E-state index in [1.807, 2.05) is 32.0 Å². The SMILES string of the molecule is CCC(NCCOC(C)C)c1ccc(Cl)c(Cl)c1. The van der Waals surface area contributed by atoms with E-state index in [2.05, 4.69) is 12.2 Å². The molecule has 1 aromatic carbocycles. The predicted octanol–water partition coefficient (Wildman–Crippen LogP) is 4.46. The molecular formula is C14H21Cl2NO. The van der Waals surface area contributed by atoms with Gasteiger partial charge in [-0.2, -0.15) is 0 Å². The average molecular weight is 290 g/mol. The van der Waals surface area contributed by atoms with Gasteiger partial charge in [0.05, 0.1) is 22.8 Å². The first-order valence-corrected chi connectivity index (χ1v) is 7.10. The van der Waals surface area contributed by atoms with Crippen LogP contribution in [-0.4, -0.2) is 19.3 Å². The number of nitrogens with one attached hydrogen (secondary N) is 1. The Morgan fingerprint density at radius 3 is 2.50 bits per heavy atom. The molecule has 102 valence electrons. The van der Waals surface area contributed by atoms with Crippen LogP contribution in [0.2, 0.25) is 10.0 Å². The van der Waals surface area contributed by atoms with Crippen molar-refractivity contribution in [2.75, 3.05) is 13.2 Å². The minimum absolute atomic E-state index is 0.275. The minimum Gasteiger partial charge on any atom is -0.377 e. The fraction of sp³-hybridized carbons (Fsp3) is 0.571. The van der Waals surface area contributed by atoms with Crippen molar-refractivity contribution in [2.24, 2.45) is 0 Å². The Balaban J connectivity index is 2.52. The fourth-order valence-electron chi connectivity index (χ4n) is 1.75. The summed E-state index contributed by atoms with van der Waals surface area (Å²) in [5, 5.41) is 4.66. The Hall–Kier alpha value is -0.280. The van der Waals surface area contributed by atoms with Crippen LogP contribution in [0, 0.1) is 0 Å². The van der Waals surface area contributed by atoms with Crippen molar-refractivity contribution in [3.63, 3.8) is 0 Å². The third kappa shape index (κ3) is 5.15. The van der Waals surface area contributed by atoms with Crippen molar-refractivity contribution >= 4 is 23.2 Å². The van der Waals surface area contributed by atoms with E-state index in [4.69, 9.17) is 27.9 Å². The van der Waals surface area contributed by atoms with Crippen molar-refractivity contribution in [3.05, 3.63) is 33.8 Å². The molecule has 4 heteroatoms. The molecule has 18 heavy (non-hydrogen) atoms. The van der Waals surface area contributed by atoms with Crippen LogP contribution in [0.15, 0.2) is 18.2 Å². The number of hydrogen-bond acceptors (Lipinski definition) is 2. The Morgan fingerprint density at radius 1 is 1.22 bits per heavy atom. The van der Waals surface area contributed by atoms with Gasteiger partial charge in [-0.1, -0.05) is 36.2 Å². The highest BCUT2D eigenvalue weighted by atomic mass is 35.5. The van der Waals surface area contributed by atoms with Crippen molar-refractivity contribution in [2.45, 2.75) is 39.3 Å². The highest BCUT2D eigenvalue weighted by Gasteiger charge is 2.10. The van der Waals surface area contributed by atoms with Gasteiger partial charge in [0.25, 0.3) is 0 Å². The second-order valence-corrected chi connectivity index (χ2v) is 5.32. The molecule has 1 rings (SSSR count). The number of hydrogen-bond donors (Lipinski definition) is 1. The molecule has 0 aromatic heterocycles. The van der Waals surface area contributed by atoms with Gasteiger partial charge in [0.15, 0.2) is 0 Å². The van der Waals surface area contributed by atoms with Gasteiger partial charge >= 0.3 is 0 Å². The molecule has 1 atom stereocenters. The van der Waals surface area contributed by atoms with Crippen molar-refractivity contribution in [1.82, 2.24) is 5.32 Å². The summed E-state index contributed by atoms with van der Waals surface area (Å²) in [6, 6.07) is 6.07. The van der Waals surface area contributed by atoms with Gasteiger partial charge in [0, 0.05) is 12.6 Å². The zero-order chi connectivity index (χ0) is 13.5. The monoisotopic (exact) mass is 289 g/mol. The molecule has 0 aliphatic rings. The van der Waals surface area contributed by atoms with Crippen LogP contribution in [0.3, 0.4) is 0 Å².